The van der Waals surface area contributed by atoms with Crippen LogP contribution in [0.2, 0.25) is 0 Å². The summed E-state index contributed by atoms with van der Waals surface area (Å²) in [6.45, 7) is 2.44. The van der Waals surface area contributed by atoms with Gasteiger partial charge in [0.05, 0.1) is 12.1 Å². The number of H-pyrrole nitrogens is 1. The van der Waals surface area contributed by atoms with Gasteiger partial charge in [-0.2, -0.15) is 5.10 Å². The second kappa shape index (κ2) is 5.65. The molecule has 6 nitrogen and oxygen atoms in total. The van der Waals surface area contributed by atoms with Gasteiger partial charge in [0.15, 0.2) is 5.82 Å². The second-order valence-electron chi connectivity index (χ2n) is 5.39. The minimum Gasteiger partial charge on any atom is -0.331 e. The SMILES string of the molecule is C[C@@H](N)C(=O)N1CCCC1c1nc(-c2ccccc2)n[nH]1. The van der Waals surface area contributed by atoms with Crippen LogP contribution in [0.5, 0.6) is 0 Å². The maximum Gasteiger partial charge on any atom is 0.239 e. The van der Waals surface area contributed by atoms with E-state index in [1.54, 1.807) is 11.8 Å². The lowest BCUT2D eigenvalue weighted by molar-refractivity contribution is -0.133. The Hall–Kier alpha value is -2.21. The topological polar surface area (TPSA) is 87.9 Å². The Morgan fingerprint density at radius 1 is 1.43 bits per heavy atom. The number of likely N-dealkylation sites (tertiary alicyclic amines) is 1. The van der Waals surface area contributed by atoms with E-state index in [1.165, 1.54) is 0 Å². The number of nitrogens with zero attached hydrogens (tertiary/aromatic N) is 3. The van der Waals surface area contributed by atoms with Crippen molar-refractivity contribution in [3.05, 3.63) is 36.2 Å². The highest BCUT2D eigenvalue weighted by Crippen LogP contribution is 2.31. The summed E-state index contributed by atoms with van der Waals surface area (Å²) in [5.74, 6) is 1.36. The van der Waals surface area contributed by atoms with Crippen LogP contribution in [-0.2, 0) is 4.79 Å². The van der Waals surface area contributed by atoms with Gasteiger partial charge in [0.2, 0.25) is 5.91 Å². The number of aromatic nitrogens is 3. The summed E-state index contributed by atoms with van der Waals surface area (Å²) in [5, 5.41) is 7.24. The molecule has 1 aromatic carbocycles. The van der Waals surface area contributed by atoms with Crippen molar-refractivity contribution in [2.24, 2.45) is 5.73 Å². The molecule has 6 heteroatoms. The number of carbonyl (C=O) groups excluding carboxylic acids is 1. The van der Waals surface area contributed by atoms with E-state index in [4.69, 9.17) is 5.73 Å². The molecule has 0 aliphatic carbocycles. The molecule has 1 saturated heterocycles. The Bertz CT molecular complexity index is 622. The van der Waals surface area contributed by atoms with Crippen molar-refractivity contribution in [1.82, 2.24) is 20.1 Å². The van der Waals surface area contributed by atoms with Crippen LogP contribution >= 0.6 is 0 Å². The average molecular weight is 285 g/mol. The molecule has 1 aliphatic heterocycles. The predicted octanol–water partition coefficient (Wildman–Crippen LogP) is 1.48. The highest BCUT2D eigenvalue weighted by Gasteiger charge is 2.33. The molecule has 0 spiro atoms. The number of hydrogen-bond donors (Lipinski definition) is 2. The van der Waals surface area contributed by atoms with Crippen molar-refractivity contribution in [3.8, 4) is 11.4 Å². The van der Waals surface area contributed by atoms with Crippen molar-refractivity contribution >= 4 is 5.91 Å². The Morgan fingerprint density at radius 3 is 2.90 bits per heavy atom. The van der Waals surface area contributed by atoms with E-state index in [0.29, 0.717) is 5.82 Å². The molecule has 21 heavy (non-hydrogen) atoms. The number of benzene rings is 1. The fourth-order valence-corrected chi connectivity index (χ4v) is 2.72. The summed E-state index contributed by atoms with van der Waals surface area (Å²) in [6, 6.07) is 9.26. The van der Waals surface area contributed by atoms with Crippen LogP contribution in [0.3, 0.4) is 0 Å². The molecule has 0 bridgehead atoms. The number of hydrogen-bond acceptors (Lipinski definition) is 4. The summed E-state index contributed by atoms with van der Waals surface area (Å²) in [4.78, 5) is 18.5. The van der Waals surface area contributed by atoms with Gasteiger partial charge in [-0.15, -0.1) is 0 Å². The molecule has 1 fully saturated rings. The zero-order valence-electron chi connectivity index (χ0n) is 12.0. The van der Waals surface area contributed by atoms with Crippen LogP contribution in [0.25, 0.3) is 11.4 Å². The quantitative estimate of drug-likeness (QED) is 0.894. The number of nitrogens with two attached hydrogens (primary N) is 1. The molecule has 2 heterocycles. The first-order valence-corrected chi connectivity index (χ1v) is 7.20. The standard InChI is InChI=1S/C15H19N5O/c1-10(16)15(21)20-9-5-8-12(20)14-17-13(18-19-14)11-6-3-2-4-7-11/h2-4,6-7,10,12H,5,8-9,16H2,1H3,(H,17,18,19)/t10-,12?/m1/s1. The predicted molar refractivity (Wildman–Crippen MR) is 79.2 cm³/mol. The number of nitrogens with one attached hydrogen (secondary N) is 1. The summed E-state index contributed by atoms with van der Waals surface area (Å²) in [7, 11) is 0. The molecular weight excluding hydrogens is 266 g/mol. The molecule has 0 radical (unpaired) electrons. The fraction of sp³-hybridized carbons (Fsp3) is 0.400. The van der Waals surface area contributed by atoms with Crippen LogP contribution in [0.4, 0.5) is 0 Å². The molecule has 2 atom stereocenters. The van der Waals surface area contributed by atoms with Crippen molar-refractivity contribution in [2.45, 2.75) is 31.8 Å². The van der Waals surface area contributed by atoms with Gasteiger partial charge in [-0.25, -0.2) is 4.98 Å². The Kier molecular flexibility index (Phi) is 3.70. The van der Waals surface area contributed by atoms with Gasteiger partial charge in [-0.05, 0) is 19.8 Å². The maximum absolute atomic E-state index is 12.1. The summed E-state index contributed by atoms with van der Waals surface area (Å²) >= 11 is 0. The van der Waals surface area contributed by atoms with Gasteiger partial charge in [-0.1, -0.05) is 30.3 Å². The van der Waals surface area contributed by atoms with Gasteiger partial charge >= 0.3 is 0 Å². The Labute approximate surface area is 123 Å². The van der Waals surface area contributed by atoms with E-state index in [9.17, 15) is 4.79 Å². The minimum absolute atomic E-state index is 0.0323. The first-order valence-electron chi connectivity index (χ1n) is 7.20. The van der Waals surface area contributed by atoms with Crippen molar-refractivity contribution in [1.29, 1.82) is 0 Å². The number of rotatable bonds is 3. The fourth-order valence-electron chi connectivity index (χ4n) is 2.72. The first-order chi connectivity index (χ1) is 10.2. The van der Waals surface area contributed by atoms with E-state index in [1.807, 2.05) is 30.3 Å². The van der Waals surface area contributed by atoms with Crippen LogP contribution in [0.1, 0.15) is 31.6 Å². The van der Waals surface area contributed by atoms with E-state index in [2.05, 4.69) is 15.2 Å². The zero-order valence-corrected chi connectivity index (χ0v) is 12.0. The molecule has 3 rings (SSSR count). The van der Waals surface area contributed by atoms with Crippen LogP contribution in [0.15, 0.2) is 30.3 Å². The van der Waals surface area contributed by atoms with Gasteiger partial charge in [0.25, 0.3) is 0 Å². The summed E-state index contributed by atoms with van der Waals surface area (Å²) in [6.07, 6.45) is 1.85. The molecule has 1 unspecified atom stereocenters. The number of aromatic amines is 1. The average Bonchev–Trinajstić information content (AvgIpc) is 3.16. The normalized spacial score (nSPS) is 19.7. The van der Waals surface area contributed by atoms with Gasteiger partial charge in [0, 0.05) is 12.1 Å². The van der Waals surface area contributed by atoms with Crippen molar-refractivity contribution in [2.75, 3.05) is 6.54 Å². The third kappa shape index (κ3) is 2.67. The van der Waals surface area contributed by atoms with E-state index >= 15 is 0 Å². The smallest absolute Gasteiger partial charge is 0.239 e. The lowest BCUT2D eigenvalue weighted by Gasteiger charge is -2.24. The molecule has 1 aliphatic rings. The minimum atomic E-state index is -0.484. The molecule has 2 aromatic rings. The largest absolute Gasteiger partial charge is 0.331 e. The Morgan fingerprint density at radius 2 is 2.19 bits per heavy atom. The maximum atomic E-state index is 12.1. The highest BCUT2D eigenvalue weighted by molar-refractivity contribution is 5.81. The molecule has 1 aromatic heterocycles. The van der Waals surface area contributed by atoms with Crippen LogP contribution < -0.4 is 5.73 Å². The third-order valence-corrected chi connectivity index (χ3v) is 3.78. The lowest BCUT2D eigenvalue weighted by Crippen LogP contribution is -2.41. The van der Waals surface area contributed by atoms with Gasteiger partial charge in [-0.3, -0.25) is 9.89 Å². The molecule has 1 amide bonds. The van der Waals surface area contributed by atoms with Crippen molar-refractivity contribution < 1.29 is 4.79 Å². The third-order valence-electron chi connectivity index (χ3n) is 3.78. The monoisotopic (exact) mass is 285 g/mol. The van der Waals surface area contributed by atoms with Crippen LogP contribution in [-0.4, -0.2) is 38.6 Å². The summed E-state index contributed by atoms with van der Waals surface area (Å²) in [5.41, 5.74) is 6.68. The summed E-state index contributed by atoms with van der Waals surface area (Å²) < 4.78 is 0. The van der Waals surface area contributed by atoms with Gasteiger partial charge < -0.3 is 10.6 Å². The highest BCUT2D eigenvalue weighted by atomic mass is 16.2. The van der Waals surface area contributed by atoms with Crippen LogP contribution in [0, 0.1) is 0 Å². The first kappa shape index (κ1) is 13.8. The van der Waals surface area contributed by atoms with E-state index in [0.717, 1.165) is 30.8 Å². The van der Waals surface area contributed by atoms with E-state index < -0.39 is 6.04 Å². The molecule has 3 N–H and O–H groups in total. The Balaban J connectivity index is 1.84. The van der Waals surface area contributed by atoms with E-state index in [-0.39, 0.29) is 11.9 Å². The van der Waals surface area contributed by atoms with Crippen molar-refractivity contribution in [3.63, 3.8) is 0 Å². The van der Waals surface area contributed by atoms with Gasteiger partial charge in [0.1, 0.15) is 5.82 Å². The molecular formula is C15H19N5O. The lowest BCUT2D eigenvalue weighted by atomic mass is 10.2. The zero-order chi connectivity index (χ0) is 14.8. The molecule has 0 saturated carbocycles. The molecule has 110 valence electrons. The number of amides is 1. The second-order valence-corrected chi connectivity index (χ2v) is 5.39. The number of carbonyl (C=O) groups is 1.